The Morgan fingerprint density at radius 2 is 2.31 bits per heavy atom. The van der Waals surface area contributed by atoms with Crippen LogP contribution in [0.2, 0.25) is 0 Å². The second-order valence-electron chi connectivity index (χ2n) is 3.52. The van der Waals surface area contributed by atoms with Gasteiger partial charge in [-0.05, 0) is 30.4 Å². The Morgan fingerprint density at radius 1 is 1.56 bits per heavy atom. The molecule has 1 aromatic heterocycles. The van der Waals surface area contributed by atoms with Crippen molar-refractivity contribution < 1.29 is 8.60 Å². The lowest BCUT2D eigenvalue weighted by Crippen LogP contribution is -2.06. The fourth-order valence-corrected chi connectivity index (χ4v) is 2.32. The van der Waals surface area contributed by atoms with Gasteiger partial charge in [-0.15, -0.1) is 0 Å². The van der Waals surface area contributed by atoms with Crippen molar-refractivity contribution in [3.8, 4) is 0 Å². The van der Waals surface area contributed by atoms with Crippen LogP contribution in [0.3, 0.4) is 0 Å². The summed E-state index contributed by atoms with van der Waals surface area (Å²) < 4.78 is 26.4. The van der Waals surface area contributed by atoms with Crippen molar-refractivity contribution in [3.63, 3.8) is 0 Å². The van der Waals surface area contributed by atoms with E-state index in [4.69, 9.17) is 12.2 Å². The normalized spacial score (nSPS) is 13.1. The molecule has 0 amide bonds. The number of nitrogens with zero attached hydrogens (tertiary/aromatic N) is 1. The minimum atomic E-state index is -0.861. The highest BCUT2D eigenvalue weighted by atomic mass is 32.2. The maximum atomic E-state index is 13.0. The standard InChI is InChI=1S/C10H11FN2OS2/c1-16(14)5-4-13-9-3-2-7(11)6-8(9)12-10(13)15/h2-3,6H,4-5H2,1H3,(H,12,15). The molecule has 0 saturated heterocycles. The van der Waals surface area contributed by atoms with Gasteiger partial charge in [-0.1, -0.05) is 0 Å². The Morgan fingerprint density at radius 3 is 3.00 bits per heavy atom. The maximum absolute atomic E-state index is 13.0. The summed E-state index contributed by atoms with van der Waals surface area (Å²) in [5.41, 5.74) is 1.52. The van der Waals surface area contributed by atoms with Gasteiger partial charge >= 0.3 is 0 Å². The molecule has 1 atom stereocenters. The largest absolute Gasteiger partial charge is 0.330 e. The van der Waals surface area contributed by atoms with Crippen LogP contribution < -0.4 is 0 Å². The monoisotopic (exact) mass is 258 g/mol. The summed E-state index contributed by atoms with van der Waals surface area (Å²) >= 11 is 5.13. The topological polar surface area (TPSA) is 37.8 Å². The Kier molecular flexibility index (Phi) is 3.20. The van der Waals surface area contributed by atoms with Crippen LogP contribution in [0.4, 0.5) is 4.39 Å². The van der Waals surface area contributed by atoms with Gasteiger partial charge in [0.1, 0.15) is 5.82 Å². The van der Waals surface area contributed by atoms with Gasteiger partial charge < -0.3 is 9.55 Å². The van der Waals surface area contributed by atoms with Crippen molar-refractivity contribution in [1.29, 1.82) is 0 Å². The van der Waals surface area contributed by atoms with Gasteiger partial charge in [0, 0.05) is 29.4 Å². The van der Waals surface area contributed by atoms with Gasteiger partial charge in [0.25, 0.3) is 0 Å². The summed E-state index contributed by atoms with van der Waals surface area (Å²) in [4.78, 5) is 2.93. The van der Waals surface area contributed by atoms with Crippen LogP contribution >= 0.6 is 12.2 Å². The molecule has 16 heavy (non-hydrogen) atoms. The lowest BCUT2D eigenvalue weighted by Gasteiger charge is -2.02. The van der Waals surface area contributed by atoms with Crippen LogP contribution in [0, 0.1) is 10.6 Å². The van der Waals surface area contributed by atoms with Crippen LogP contribution in [0.1, 0.15) is 0 Å². The molecule has 0 saturated carbocycles. The lowest BCUT2D eigenvalue weighted by atomic mass is 10.3. The van der Waals surface area contributed by atoms with E-state index in [0.29, 0.717) is 22.6 Å². The molecule has 1 heterocycles. The van der Waals surface area contributed by atoms with Crippen molar-refractivity contribution >= 4 is 34.1 Å². The first-order valence-electron chi connectivity index (χ1n) is 4.76. The molecule has 86 valence electrons. The highest BCUT2D eigenvalue weighted by Crippen LogP contribution is 2.15. The van der Waals surface area contributed by atoms with E-state index < -0.39 is 10.8 Å². The summed E-state index contributed by atoms with van der Waals surface area (Å²) in [6.07, 6.45) is 1.65. The second kappa shape index (κ2) is 4.47. The molecule has 0 fully saturated rings. The van der Waals surface area contributed by atoms with Crippen LogP contribution in [-0.2, 0) is 17.3 Å². The number of hydrogen-bond acceptors (Lipinski definition) is 2. The minimum absolute atomic E-state index is 0.296. The number of aromatic amines is 1. The smallest absolute Gasteiger partial charge is 0.178 e. The molecule has 0 bridgehead atoms. The Labute approximate surface area is 99.7 Å². The fraction of sp³-hybridized carbons (Fsp3) is 0.300. The van der Waals surface area contributed by atoms with E-state index in [1.807, 2.05) is 4.57 Å². The Hall–Kier alpha value is -1.01. The zero-order chi connectivity index (χ0) is 11.7. The number of H-pyrrole nitrogens is 1. The molecular weight excluding hydrogens is 247 g/mol. The SMILES string of the molecule is CS(=O)CCn1c(=S)[nH]c2cc(F)ccc21. The van der Waals surface area contributed by atoms with E-state index in [-0.39, 0.29) is 5.82 Å². The van der Waals surface area contributed by atoms with Crippen molar-refractivity contribution in [3.05, 3.63) is 28.8 Å². The summed E-state index contributed by atoms with van der Waals surface area (Å²) in [7, 11) is -0.861. The number of imidazole rings is 1. The van der Waals surface area contributed by atoms with Gasteiger partial charge in [0.05, 0.1) is 11.0 Å². The van der Waals surface area contributed by atoms with E-state index in [1.54, 1.807) is 12.3 Å². The number of aromatic nitrogens is 2. The molecule has 1 aromatic carbocycles. The first-order valence-corrected chi connectivity index (χ1v) is 6.89. The Balaban J connectivity index is 2.48. The van der Waals surface area contributed by atoms with E-state index in [0.717, 1.165) is 5.52 Å². The molecule has 0 spiro atoms. The second-order valence-corrected chi connectivity index (χ2v) is 5.46. The van der Waals surface area contributed by atoms with Gasteiger partial charge in [-0.25, -0.2) is 4.39 Å². The van der Waals surface area contributed by atoms with Crippen molar-refractivity contribution in [2.24, 2.45) is 0 Å². The zero-order valence-corrected chi connectivity index (χ0v) is 10.3. The van der Waals surface area contributed by atoms with E-state index in [1.165, 1.54) is 12.1 Å². The first kappa shape index (κ1) is 11.5. The highest BCUT2D eigenvalue weighted by Gasteiger charge is 2.05. The van der Waals surface area contributed by atoms with E-state index >= 15 is 0 Å². The Bertz CT molecular complexity index is 602. The quantitative estimate of drug-likeness (QED) is 0.857. The first-order chi connectivity index (χ1) is 7.58. The summed E-state index contributed by atoms with van der Waals surface area (Å²) in [5.74, 6) is 0.244. The molecule has 3 nitrogen and oxygen atoms in total. The minimum Gasteiger partial charge on any atom is -0.330 e. The summed E-state index contributed by atoms with van der Waals surface area (Å²) in [6, 6.07) is 4.48. The predicted octanol–water partition coefficient (Wildman–Crippen LogP) is 2.22. The molecule has 1 unspecified atom stereocenters. The molecule has 0 aliphatic rings. The van der Waals surface area contributed by atoms with Crippen molar-refractivity contribution in [2.75, 3.05) is 12.0 Å². The molecule has 2 aromatic rings. The molecule has 0 aliphatic carbocycles. The average molecular weight is 258 g/mol. The summed E-state index contributed by atoms with van der Waals surface area (Å²) in [5, 5.41) is 0. The molecule has 6 heteroatoms. The number of hydrogen-bond donors (Lipinski definition) is 1. The fourth-order valence-electron chi connectivity index (χ4n) is 1.58. The predicted molar refractivity (Wildman–Crippen MR) is 66.0 cm³/mol. The molecule has 1 N–H and O–H groups in total. The van der Waals surface area contributed by atoms with Crippen LogP contribution in [0.15, 0.2) is 18.2 Å². The van der Waals surface area contributed by atoms with Gasteiger partial charge in [0.2, 0.25) is 0 Å². The van der Waals surface area contributed by atoms with Crippen molar-refractivity contribution in [1.82, 2.24) is 9.55 Å². The lowest BCUT2D eigenvalue weighted by molar-refractivity contribution is 0.629. The molecule has 2 rings (SSSR count). The number of halogens is 1. The molecule has 0 radical (unpaired) electrons. The number of fused-ring (bicyclic) bond motifs is 1. The van der Waals surface area contributed by atoms with E-state index in [9.17, 15) is 8.60 Å². The third-order valence-corrected chi connectivity index (χ3v) is 3.42. The van der Waals surface area contributed by atoms with Gasteiger partial charge in [-0.3, -0.25) is 4.21 Å². The number of aryl methyl sites for hydroxylation is 1. The van der Waals surface area contributed by atoms with Gasteiger partial charge in [0.15, 0.2) is 4.77 Å². The number of nitrogens with one attached hydrogen (secondary N) is 1. The third kappa shape index (κ3) is 2.22. The van der Waals surface area contributed by atoms with Crippen molar-refractivity contribution in [2.45, 2.75) is 6.54 Å². The van der Waals surface area contributed by atoms with Crippen LogP contribution in [0.5, 0.6) is 0 Å². The zero-order valence-electron chi connectivity index (χ0n) is 8.70. The third-order valence-electron chi connectivity index (χ3n) is 2.34. The van der Waals surface area contributed by atoms with Crippen LogP contribution in [0.25, 0.3) is 11.0 Å². The molecule has 0 aliphatic heterocycles. The average Bonchev–Trinajstić information content (AvgIpc) is 2.50. The van der Waals surface area contributed by atoms with E-state index in [2.05, 4.69) is 4.98 Å². The number of benzene rings is 1. The summed E-state index contributed by atoms with van der Waals surface area (Å²) in [6.45, 7) is 0.577. The maximum Gasteiger partial charge on any atom is 0.178 e. The molecular formula is C10H11FN2OS2. The highest BCUT2D eigenvalue weighted by molar-refractivity contribution is 7.84. The van der Waals surface area contributed by atoms with Crippen LogP contribution in [-0.4, -0.2) is 25.8 Å². The number of rotatable bonds is 3. The van der Waals surface area contributed by atoms with Gasteiger partial charge in [-0.2, -0.15) is 0 Å².